The second-order valence-electron chi connectivity index (χ2n) is 6.23. The first-order valence-electron chi connectivity index (χ1n) is 7.83. The van der Waals surface area contributed by atoms with E-state index in [9.17, 15) is 0 Å². The molecule has 0 aliphatic heterocycles. The van der Waals surface area contributed by atoms with Crippen LogP contribution in [0, 0.1) is 0 Å². The molecule has 20 heavy (non-hydrogen) atoms. The van der Waals surface area contributed by atoms with Crippen LogP contribution in [-0.4, -0.2) is 19.8 Å². The second-order valence-corrected chi connectivity index (χ2v) is 6.23. The van der Waals surface area contributed by atoms with E-state index >= 15 is 0 Å². The Bertz CT molecular complexity index is 457. The first-order chi connectivity index (χ1) is 9.77. The summed E-state index contributed by atoms with van der Waals surface area (Å²) in [4.78, 5) is 0. The SMILES string of the molecule is COc1cc(C2(CN)CCC2)ccc1OC1CCCC1. The molecule has 2 fully saturated rings. The molecule has 2 N–H and O–H groups in total. The summed E-state index contributed by atoms with van der Waals surface area (Å²) in [6, 6.07) is 6.39. The average Bonchev–Trinajstić information content (AvgIpc) is 2.92. The lowest BCUT2D eigenvalue weighted by atomic mass is 9.64. The van der Waals surface area contributed by atoms with Crippen LogP contribution in [0.3, 0.4) is 0 Å². The number of methoxy groups -OCH3 is 1. The van der Waals surface area contributed by atoms with Gasteiger partial charge >= 0.3 is 0 Å². The van der Waals surface area contributed by atoms with Gasteiger partial charge in [0, 0.05) is 12.0 Å². The van der Waals surface area contributed by atoms with Crippen molar-refractivity contribution in [2.75, 3.05) is 13.7 Å². The first-order valence-corrected chi connectivity index (χ1v) is 7.83. The van der Waals surface area contributed by atoms with Crippen molar-refractivity contribution in [3.05, 3.63) is 23.8 Å². The Morgan fingerprint density at radius 3 is 2.45 bits per heavy atom. The van der Waals surface area contributed by atoms with Gasteiger partial charge in [-0.25, -0.2) is 0 Å². The highest BCUT2D eigenvalue weighted by molar-refractivity contribution is 5.46. The lowest BCUT2D eigenvalue weighted by Crippen LogP contribution is -2.41. The van der Waals surface area contributed by atoms with Gasteiger partial charge in [0.25, 0.3) is 0 Å². The molecular weight excluding hydrogens is 250 g/mol. The molecule has 2 aliphatic rings. The monoisotopic (exact) mass is 275 g/mol. The maximum atomic E-state index is 6.09. The van der Waals surface area contributed by atoms with Gasteiger partial charge in [-0.15, -0.1) is 0 Å². The molecule has 2 aliphatic carbocycles. The van der Waals surface area contributed by atoms with Crippen molar-refractivity contribution in [1.29, 1.82) is 0 Å². The van der Waals surface area contributed by atoms with Crippen LogP contribution in [0.1, 0.15) is 50.5 Å². The topological polar surface area (TPSA) is 44.5 Å². The lowest BCUT2D eigenvalue weighted by Gasteiger charge is -2.41. The molecule has 110 valence electrons. The molecule has 0 aromatic heterocycles. The fourth-order valence-corrected chi connectivity index (χ4v) is 3.49. The largest absolute Gasteiger partial charge is 0.493 e. The summed E-state index contributed by atoms with van der Waals surface area (Å²) in [5, 5.41) is 0. The number of benzene rings is 1. The molecule has 0 amide bonds. The number of rotatable bonds is 5. The van der Waals surface area contributed by atoms with Crippen LogP contribution < -0.4 is 15.2 Å². The van der Waals surface area contributed by atoms with E-state index in [-0.39, 0.29) is 5.41 Å². The smallest absolute Gasteiger partial charge is 0.161 e. The molecule has 3 rings (SSSR count). The van der Waals surface area contributed by atoms with Crippen molar-refractivity contribution in [1.82, 2.24) is 0 Å². The molecule has 0 heterocycles. The fourth-order valence-electron chi connectivity index (χ4n) is 3.49. The Kier molecular flexibility index (Phi) is 3.88. The molecule has 0 bridgehead atoms. The third kappa shape index (κ3) is 2.39. The zero-order valence-corrected chi connectivity index (χ0v) is 12.4. The van der Waals surface area contributed by atoms with Gasteiger partial charge in [0.05, 0.1) is 13.2 Å². The van der Waals surface area contributed by atoms with E-state index in [1.807, 2.05) is 0 Å². The summed E-state index contributed by atoms with van der Waals surface area (Å²) in [6.45, 7) is 0.721. The molecule has 0 saturated heterocycles. The highest BCUT2D eigenvalue weighted by atomic mass is 16.5. The lowest BCUT2D eigenvalue weighted by molar-refractivity contribution is 0.199. The highest BCUT2D eigenvalue weighted by Crippen LogP contribution is 2.45. The van der Waals surface area contributed by atoms with Crippen LogP contribution in [0.4, 0.5) is 0 Å². The van der Waals surface area contributed by atoms with E-state index in [0.29, 0.717) is 6.10 Å². The third-order valence-electron chi connectivity index (χ3n) is 5.07. The van der Waals surface area contributed by atoms with Gasteiger partial charge in [0.1, 0.15) is 0 Å². The molecular formula is C17H25NO2. The minimum atomic E-state index is 0.180. The van der Waals surface area contributed by atoms with Gasteiger partial charge in [0.15, 0.2) is 11.5 Å². The molecule has 0 spiro atoms. The van der Waals surface area contributed by atoms with E-state index in [4.69, 9.17) is 15.2 Å². The maximum Gasteiger partial charge on any atom is 0.161 e. The second kappa shape index (κ2) is 5.65. The van der Waals surface area contributed by atoms with Crippen LogP contribution in [0.25, 0.3) is 0 Å². The van der Waals surface area contributed by atoms with Gasteiger partial charge < -0.3 is 15.2 Å². The minimum absolute atomic E-state index is 0.180. The Hall–Kier alpha value is -1.22. The maximum absolute atomic E-state index is 6.09. The zero-order valence-electron chi connectivity index (χ0n) is 12.4. The highest BCUT2D eigenvalue weighted by Gasteiger charge is 2.37. The first kappa shape index (κ1) is 13.7. The molecule has 2 saturated carbocycles. The third-order valence-corrected chi connectivity index (χ3v) is 5.07. The molecule has 0 atom stereocenters. The van der Waals surface area contributed by atoms with E-state index < -0.39 is 0 Å². The van der Waals surface area contributed by atoms with Gasteiger partial charge in [0.2, 0.25) is 0 Å². The summed E-state index contributed by atoms with van der Waals surface area (Å²) in [5.41, 5.74) is 7.48. The summed E-state index contributed by atoms with van der Waals surface area (Å²) >= 11 is 0. The predicted molar refractivity (Wildman–Crippen MR) is 80.5 cm³/mol. The van der Waals surface area contributed by atoms with Gasteiger partial charge in [-0.2, -0.15) is 0 Å². The molecule has 1 aromatic carbocycles. The zero-order chi connectivity index (χ0) is 14.0. The van der Waals surface area contributed by atoms with E-state index in [1.165, 1.54) is 37.7 Å². The van der Waals surface area contributed by atoms with Crippen molar-refractivity contribution >= 4 is 0 Å². The van der Waals surface area contributed by atoms with Crippen LogP contribution in [0.15, 0.2) is 18.2 Å². The summed E-state index contributed by atoms with van der Waals surface area (Å²) in [6.07, 6.45) is 8.91. The van der Waals surface area contributed by atoms with E-state index in [1.54, 1.807) is 7.11 Å². The molecule has 3 nitrogen and oxygen atoms in total. The Morgan fingerprint density at radius 1 is 1.15 bits per heavy atom. The van der Waals surface area contributed by atoms with Crippen LogP contribution >= 0.6 is 0 Å². The van der Waals surface area contributed by atoms with Gasteiger partial charge in [-0.3, -0.25) is 0 Å². The summed E-state index contributed by atoms with van der Waals surface area (Å²) in [5.74, 6) is 1.74. The summed E-state index contributed by atoms with van der Waals surface area (Å²) in [7, 11) is 1.72. The Balaban J connectivity index is 1.81. The van der Waals surface area contributed by atoms with Crippen molar-refractivity contribution in [3.63, 3.8) is 0 Å². The van der Waals surface area contributed by atoms with Crippen LogP contribution in [0.2, 0.25) is 0 Å². The minimum Gasteiger partial charge on any atom is -0.493 e. The van der Waals surface area contributed by atoms with Gasteiger partial charge in [-0.05, 0) is 56.2 Å². The molecule has 0 unspecified atom stereocenters. The molecule has 3 heteroatoms. The van der Waals surface area contributed by atoms with Crippen molar-refractivity contribution < 1.29 is 9.47 Å². The van der Waals surface area contributed by atoms with Crippen molar-refractivity contribution in [2.24, 2.45) is 5.73 Å². The Morgan fingerprint density at radius 2 is 1.90 bits per heavy atom. The number of ether oxygens (including phenoxy) is 2. The average molecular weight is 275 g/mol. The molecule has 0 radical (unpaired) electrons. The quantitative estimate of drug-likeness (QED) is 0.895. The van der Waals surface area contributed by atoms with Crippen LogP contribution in [0.5, 0.6) is 11.5 Å². The normalized spacial score (nSPS) is 21.5. The van der Waals surface area contributed by atoms with E-state index in [0.717, 1.165) is 30.9 Å². The Labute approximate surface area is 121 Å². The van der Waals surface area contributed by atoms with Crippen LogP contribution in [-0.2, 0) is 5.41 Å². The van der Waals surface area contributed by atoms with E-state index in [2.05, 4.69) is 18.2 Å². The number of nitrogens with two attached hydrogens (primary N) is 1. The number of hydrogen-bond acceptors (Lipinski definition) is 3. The van der Waals surface area contributed by atoms with Gasteiger partial charge in [-0.1, -0.05) is 12.5 Å². The number of hydrogen-bond donors (Lipinski definition) is 1. The summed E-state index contributed by atoms with van der Waals surface area (Å²) < 4.78 is 11.6. The standard InChI is InChI=1S/C17H25NO2/c1-19-16-11-13(17(12-18)9-4-10-17)7-8-15(16)20-14-5-2-3-6-14/h7-8,11,14H,2-6,9-10,12,18H2,1H3. The van der Waals surface area contributed by atoms with Crippen molar-refractivity contribution in [3.8, 4) is 11.5 Å². The molecule has 1 aromatic rings. The predicted octanol–water partition coefficient (Wildman–Crippen LogP) is 3.40. The fraction of sp³-hybridized carbons (Fsp3) is 0.647. The van der Waals surface area contributed by atoms with Crippen molar-refractivity contribution in [2.45, 2.75) is 56.5 Å².